The normalized spacial score (nSPS) is 17.9. The molecule has 0 saturated carbocycles. The molecule has 2 atom stereocenters. The summed E-state index contributed by atoms with van der Waals surface area (Å²) in [7, 11) is -2.21. The van der Waals surface area contributed by atoms with E-state index in [9.17, 15) is 18.0 Å². The lowest BCUT2D eigenvalue weighted by Crippen LogP contribution is -2.50. The van der Waals surface area contributed by atoms with Crippen molar-refractivity contribution in [3.05, 3.63) is 54.4 Å². The number of piperidine rings is 1. The maximum atomic E-state index is 13.0. The van der Waals surface area contributed by atoms with Crippen molar-refractivity contribution in [2.45, 2.75) is 37.2 Å². The Bertz CT molecular complexity index is 1030. The predicted molar refractivity (Wildman–Crippen MR) is 118 cm³/mol. The molecule has 2 aromatic rings. The van der Waals surface area contributed by atoms with Crippen LogP contribution in [0.15, 0.2) is 53.7 Å². The highest BCUT2D eigenvalue weighted by atomic mass is 32.2. The van der Waals surface area contributed by atoms with Gasteiger partial charge in [-0.15, -0.1) is 0 Å². The molecule has 0 spiro atoms. The van der Waals surface area contributed by atoms with E-state index in [1.807, 2.05) is 6.07 Å². The molecule has 2 amide bonds. The van der Waals surface area contributed by atoms with Crippen LogP contribution in [0.25, 0.3) is 0 Å². The number of benzene rings is 1. The monoisotopic (exact) mass is 460 g/mol. The van der Waals surface area contributed by atoms with Crippen molar-refractivity contribution in [2.75, 3.05) is 20.2 Å². The second kappa shape index (κ2) is 10.6. The van der Waals surface area contributed by atoms with E-state index >= 15 is 0 Å². The number of pyridine rings is 1. The first kappa shape index (κ1) is 23.7. The summed E-state index contributed by atoms with van der Waals surface area (Å²) in [5.41, 5.74) is 0.853. The van der Waals surface area contributed by atoms with Crippen LogP contribution >= 0.6 is 0 Å². The third kappa shape index (κ3) is 5.83. The molecule has 172 valence electrons. The van der Waals surface area contributed by atoms with Gasteiger partial charge in [0.2, 0.25) is 21.8 Å². The Morgan fingerprint density at radius 1 is 1.25 bits per heavy atom. The molecule has 0 unspecified atom stereocenters. The lowest BCUT2D eigenvalue weighted by atomic mass is 9.98. The van der Waals surface area contributed by atoms with Gasteiger partial charge in [0.15, 0.2) is 0 Å². The smallest absolute Gasteiger partial charge is 0.243 e. The Morgan fingerprint density at radius 2 is 2.00 bits per heavy atom. The molecule has 1 aromatic carbocycles. The third-order valence-corrected chi connectivity index (χ3v) is 7.27. The minimum Gasteiger partial charge on any atom is -0.497 e. The number of ether oxygens (including phenoxy) is 1. The summed E-state index contributed by atoms with van der Waals surface area (Å²) < 4.78 is 32.4. The number of carbonyl (C=O) groups is 2. The SMILES string of the molecule is COc1ccc(S(=O)(=O)N2CCC[C@@H](C(=O)N[C@H](C)C(=O)NCc3cccnc3)C2)cc1. The summed E-state index contributed by atoms with van der Waals surface area (Å²) in [5.74, 6) is -0.606. The number of nitrogens with zero attached hydrogens (tertiary/aromatic N) is 2. The van der Waals surface area contributed by atoms with Gasteiger partial charge in [0, 0.05) is 32.0 Å². The fourth-order valence-corrected chi connectivity index (χ4v) is 5.04. The van der Waals surface area contributed by atoms with E-state index in [0.29, 0.717) is 31.7 Å². The first-order valence-corrected chi connectivity index (χ1v) is 11.9. The summed E-state index contributed by atoms with van der Waals surface area (Å²) in [6.07, 6.45) is 4.43. The number of rotatable bonds is 8. The van der Waals surface area contributed by atoms with E-state index in [2.05, 4.69) is 15.6 Å². The molecule has 0 aliphatic carbocycles. The van der Waals surface area contributed by atoms with E-state index in [-0.39, 0.29) is 23.3 Å². The maximum absolute atomic E-state index is 13.0. The molecule has 9 nitrogen and oxygen atoms in total. The van der Waals surface area contributed by atoms with Gasteiger partial charge in [-0.2, -0.15) is 4.31 Å². The standard InChI is InChI=1S/C22H28N4O5S/c1-16(21(27)24-14-17-5-3-11-23-13-17)25-22(28)18-6-4-12-26(15-18)32(29,30)20-9-7-19(31-2)8-10-20/h3,5,7-11,13,16,18H,4,6,12,14-15H2,1-2H3,(H,24,27)(H,25,28)/t16-,18-/m1/s1. The molecular weight excluding hydrogens is 432 g/mol. The molecule has 2 heterocycles. The molecule has 1 saturated heterocycles. The van der Waals surface area contributed by atoms with Crippen molar-refractivity contribution in [3.8, 4) is 5.75 Å². The first-order valence-electron chi connectivity index (χ1n) is 10.4. The number of sulfonamides is 1. The lowest BCUT2D eigenvalue weighted by molar-refractivity contribution is -0.131. The van der Waals surface area contributed by atoms with Gasteiger partial charge in [0.25, 0.3) is 0 Å². The van der Waals surface area contributed by atoms with Crippen LogP contribution in [-0.2, 0) is 26.2 Å². The van der Waals surface area contributed by atoms with Crippen molar-refractivity contribution >= 4 is 21.8 Å². The molecule has 10 heteroatoms. The predicted octanol–water partition coefficient (Wildman–Crippen LogP) is 1.31. The van der Waals surface area contributed by atoms with Gasteiger partial charge in [-0.3, -0.25) is 14.6 Å². The number of methoxy groups -OCH3 is 1. The molecule has 32 heavy (non-hydrogen) atoms. The van der Waals surface area contributed by atoms with Crippen LogP contribution in [0, 0.1) is 5.92 Å². The van der Waals surface area contributed by atoms with Crippen LogP contribution in [0.4, 0.5) is 0 Å². The fourth-order valence-electron chi connectivity index (χ4n) is 3.51. The van der Waals surface area contributed by atoms with Crippen LogP contribution in [-0.4, -0.2) is 55.8 Å². The summed E-state index contributed by atoms with van der Waals surface area (Å²) >= 11 is 0. The summed E-state index contributed by atoms with van der Waals surface area (Å²) in [5, 5.41) is 5.47. The van der Waals surface area contributed by atoms with E-state index < -0.39 is 22.0 Å². The van der Waals surface area contributed by atoms with Gasteiger partial charge < -0.3 is 15.4 Å². The molecule has 1 aliphatic rings. The summed E-state index contributed by atoms with van der Waals surface area (Å²) in [6, 6.07) is 9.05. The molecule has 3 rings (SSSR count). The zero-order valence-corrected chi connectivity index (χ0v) is 19.0. The average molecular weight is 461 g/mol. The zero-order chi connectivity index (χ0) is 23.1. The van der Waals surface area contributed by atoms with Gasteiger partial charge in [-0.1, -0.05) is 6.07 Å². The van der Waals surface area contributed by atoms with E-state index in [1.54, 1.807) is 37.5 Å². The largest absolute Gasteiger partial charge is 0.497 e. The number of hydrogen-bond acceptors (Lipinski definition) is 6. The van der Waals surface area contributed by atoms with Crippen molar-refractivity contribution in [2.24, 2.45) is 5.92 Å². The second-order valence-electron chi connectivity index (χ2n) is 7.69. The Kier molecular flexibility index (Phi) is 7.81. The minimum atomic E-state index is -3.72. The highest BCUT2D eigenvalue weighted by Crippen LogP contribution is 2.25. The summed E-state index contributed by atoms with van der Waals surface area (Å²) in [6.45, 7) is 2.33. The van der Waals surface area contributed by atoms with Gasteiger partial charge in [0.1, 0.15) is 11.8 Å². The number of nitrogens with one attached hydrogen (secondary N) is 2. The molecule has 1 fully saturated rings. The second-order valence-corrected chi connectivity index (χ2v) is 9.63. The van der Waals surface area contributed by atoms with E-state index in [4.69, 9.17) is 4.74 Å². The first-order chi connectivity index (χ1) is 15.3. The van der Waals surface area contributed by atoms with Crippen LogP contribution in [0.5, 0.6) is 5.75 Å². The molecule has 1 aliphatic heterocycles. The average Bonchev–Trinajstić information content (AvgIpc) is 2.83. The van der Waals surface area contributed by atoms with Gasteiger partial charge in [-0.05, 0) is 55.7 Å². The van der Waals surface area contributed by atoms with Crippen molar-refractivity contribution in [3.63, 3.8) is 0 Å². The quantitative estimate of drug-likeness (QED) is 0.613. The minimum absolute atomic E-state index is 0.0736. The molecule has 0 bridgehead atoms. The van der Waals surface area contributed by atoms with Gasteiger partial charge >= 0.3 is 0 Å². The topological polar surface area (TPSA) is 118 Å². The van der Waals surface area contributed by atoms with Crippen molar-refractivity contribution in [1.29, 1.82) is 0 Å². The van der Waals surface area contributed by atoms with Crippen LogP contribution < -0.4 is 15.4 Å². The van der Waals surface area contributed by atoms with Crippen LogP contribution in [0.1, 0.15) is 25.3 Å². The number of carbonyl (C=O) groups excluding carboxylic acids is 2. The van der Waals surface area contributed by atoms with Crippen molar-refractivity contribution in [1.82, 2.24) is 19.9 Å². The molecule has 1 aromatic heterocycles. The van der Waals surface area contributed by atoms with E-state index in [1.165, 1.54) is 23.5 Å². The Balaban J connectivity index is 1.56. The van der Waals surface area contributed by atoms with Crippen LogP contribution in [0.3, 0.4) is 0 Å². The number of aromatic nitrogens is 1. The van der Waals surface area contributed by atoms with Gasteiger partial charge in [-0.25, -0.2) is 8.42 Å². The summed E-state index contributed by atoms with van der Waals surface area (Å²) in [4.78, 5) is 29.2. The fraction of sp³-hybridized carbons (Fsp3) is 0.409. The molecular formula is C22H28N4O5S. The molecule has 0 radical (unpaired) electrons. The van der Waals surface area contributed by atoms with Gasteiger partial charge in [0.05, 0.1) is 17.9 Å². The maximum Gasteiger partial charge on any atom is 0.243 e. The van der Waals surface area contributed by atoms with E-state index in [0.717, 1.165) is 5.56 Å². The highest BCUT2D eigenvalue weighted by Gasteiger charge is 2.34. The van der Waals surface area contributed by atoms with Crippen LogP contribution in [0.2, 0.25) is 0 Å². The number of hydrogen-bond donors (Lipinski definition) is 2. The zero-order valence-electron chi connectivity index (χ0n) is 18.2. The Morgan fingerprint density at radius 3 is 2.66 bits per heavy atom. The Labute approximate surface area is 188 Å². The molecule has 2 N–H and O–H groups in total. The Hall–Kier alpha value is -2.98. The number of amides is 2. The third-order valence-electron chi connectivity index (χ3n) is 5.39. The lowest BCUT2D eigenvalue weighted by Gasteiger charge is -2.31. The highest BCUT2D eigenvalue weighted by molar-refractivity contribution is 7.89. The van der Waals surface area contributed by atoms with Crippen molar-refractivity contribution < 1.29 is 22.7 Å².